The molecule has 0 aromatic carbocycles. The van der Waals surface area contributed by atoms with Crippen molar-refractivity contribution in [2.45, 2.75) is 50.6 Å². The van der Waals surface area contributed by atoms with Crippen LogP contribution >= 0.6 is 11.6 Å². The molecule has 2 atom stereocenters. The van der Waals surface area contributed by atoms with Crippen molar-refractivity contribution in [2.75, 3.05) is 6.54 Å². The van der Waals surface area contributed by atoms with Crippen LogP contribution in [0.1, 0.15) is 34.1 Å². The number of likely N-dealkylation sites (tertiary alicyclic amines) is 1. The molecule has 1 amide bonds. The second-order valence-corrected chi connectivity index (χ2v) is 6.09. The highest BCUT2D eigenvalue weighted by Gasteiger charge is 2.51. The zero-order chi connectivity index (χ0) is 13.4. The first-order chi connectivity index (χ1) is 7.56. The Kier molecular flexibility index (Phi) is 3.62. The van der Waals surface area contributed by atoms with E-state index in [-0.39, 0.29) is 18.3 Å². The lowest BCUT2D eigenvalue weighted by Crippen LogP contribution is -2.52. The minimum absolute atomic E-state index is 0.194. The third-order valence-electron chi connectivity index (χ3n) is 2.67. The maximum atomic E-state index is 11.9. The summed E-state index contributed by atoms with van der Waals surface area (Å²) in [5, 5.41) is 8.84. The molecular formula is C11H18ClNO4. The molecular weight excluding hydrogens is 246 g/mol. The van der Waals surface area contributed by atoms with Gasteiger partial charge in [-0.3, -0.25) is 4.90 Å². The van der Waals surface area contributed by atoms with E-state index in [1.165, 1.54) is 11.8 Å². The average Bonchev–Trinajstić information content (AvgIpc) is 2.40. The Morgan fingerprint density at radius 1 is 1.47 bits per heavy atom. The molecule has 0 aromatic rings. The van der Waals surface area contributed by atoms with Crippen LogP contribution in [0.15, 0.2) is 0 Å². The molecule has 0 aliphatic carbocycles. The van der Waals surface area contributed by atoms with Crippen molar-refractivity contribution < 1.29 is 19.4 Å². The topological polar surface area (TPSA) is 66.8 Å². The highest BCUT2D eigenvalue weighted by Crippen LogP contribution is 2.33. The lowest BCUT2D eigenvalue weighted by molar-refractivity contribution is -0.148. The van der Waals surface area contributed by atoms with E-state index in [1.807, 2.05) is 0 Å². The van der Waals surface area contributed by atoms with Crippen LogP contribution in [0, 0.1) is 0 Å². The summed E-state index contributed by atoms with van der Waals surface area (Å²) in [4.78, 5) is 24.3. The number of carbonyl (C=O) groups is 2. The number of halogens is 1. The average molecular weight is 264 g/mol. The number of carboxylic acid groups (broad SMARTS) is 1. The Bertz CT molecular complexity index is 339. The second-order valence-electron chi connectivity index (χ2n) is 5.47. The van der Waals surface area contributed by atoms with E-state index in [0.717, 1.165) is 0 Å². The van der Waals surface area contributed by atoms with Gasteiger partial charge in [0.25, 0.3) is 0 Å². The lowest BCUT2D eigenvalue weighted by atomic mass is 10.00. The highest BCUT2D eigenvalue weighted by atomic mass is 35.5. The normalized spacial score (nSPS) is 29.2. The van der Waals surface area contributed by atoms with Gasteiger partial charge in [0, 0.05) is 6.54 Å². The lowest BCUT2D eigenvalue weighted by Gasteiger charge is -2.32. The van der Waals surface area contributed by atoms with E-state index in [2.05, 4.69) is 0 Å². The summed E-state index contributed by atoms with van der Waals surface area (Å²) in [5.41, 5.74) is -1.93. The zero-order valence-corrected chi connectivity index (χ0v) is 11.2. The molecule has 0 radical (unpaired) electrons. The molecule has 0 aromatic heterocycles. The maximum absolute atomic E-state index is 11.9. The van der Waals surface area contributed by atoms with E-state index in [4.69, 9.17) is 16.3 Å². The number of carboxylic acids is 1. The molecule has 1 aliphatic heterocycles. The first kappa shape index (κ1) is 14.1. The van der Waals surface area contributed by atoms with Gasteiger partial charge in [-0.05, 0) is 34.1 Å². The van der Waals surface area contributed by atoms with Crippen molar-refractivity contribution in [3.8, 4) is 0 Å². The Morgan fingerprint density at radius 2 is 2.00 bits per heavy atom. The summed E-state index contributed by atoms with van der Waals surface area (Å²) < 4.78 is 5.18. The number of alkyl halides is 1. The monoisotopic (exact) mass is 263 g/mol. The summed E-state index contributed by atoms with van der Waals surface area (Å²) in [6.07, 6.45) is -0.408. The van der Waals surface area contributed by atoms with Gasteiger partial charge in [-0.15, -0.1) is 11.6 Å². The Morgan fingerprint density at radius 3 is 2.41 bits per heavy atom. The van der Waals surface area contributed by atoms with Crippen molar-refractivity contribution in [2.24, 2.45) is 0 Å². The Labute approximate surface area is 106 Å². The molecule has 5 nitrogen and oxygen atoms in total. The summed E-state index contributed by atoms with van der Waals surface area (Å²) in [6.45, 7) is 6.88. The largest absolute Gasteiger partial charge is 0.480 e. The number of ether oxygens (including phenoxy) is 1. The first-order valence-corrected chi connectivity index (χ1v) is 5.88. The zero-order valence-electron chi connectivity index (χ0n) is 10.5. The van der Waals surface area contributed by atoms with Crippen LogP contribution < -0.4 is 0 Å². The van der Waals surface area contributed by atoms with E-state index in [1.54, 1.807) is 20.8 Å². The number of amides is 1. The van der Waals surface area contributed by atoms with Crippen LogP contribution in [0.3, 0.4) is 0 Å². The summed E-state index contributed by atoms with van der Waals surface area (Å²) in [5.74, 6) is -1.06. The molecule has 0 saturated carbocycles. The van der Waals surface area contributed by atoms with Gasteiger partial charge in [-0.1, -0.05) is 0 Å². The molecule has 1 heterocycles. The van der Waals surface area contributed by atoms with Gasteiger partial charge in [-0.25, -0.2) is 9.59 Å². The van der Waals surface area contributed by atoms with Crippen LogP contribution in [-0.2, 0) is 9.53 Å². The van der Waals surface area contributed by atoms with Crippen molar-refractivity contribution in [3.63, 3.8) is 0 Å². The van der Waals surface area contributed by atoms with E-state index in [0.29, 0.717) is 0 Å². The van der Waals surface area contributed by atoms with Crippen molar-refractivity contribution in [1.29, 1.82) is 0 Å². The molecule has 0 unspecified atom stereocenters. The van der Waals surface area contributed by atoms with Gasteiger partial charge < -0.3 is 9.84 Å². The summed E-state index contributed by atoms with van der Waals surface area (Å²) in [7, 11) is 0. The fraction of sp³-hybridized carbons (Fsp3) is 0.818. The summed E-state index contributed by atoms with van der Waals surface area (Å²) >= 11 is 5.94. The molecule has 6 heteroatoms. The van der Waals surface area contributed by atoms with Gasteiger partial charge in [0.05, 0.1) is 5.38 Å². The van der Waals surface area contributed by atoms with E-state index >= 15 is 0 Å². The van der Waals surface area contributed by atoms with Crippen molar-refractivity contribution in [3.05, 3.63) is 0 Å². The van der Waals surface area contributed by atoms with Crippen LogP contribution in [0.5, 0.6) is 0 Å². The van der Waals surface area contributed by atoms with E-state index in [9.17, 15) is 14.7 Å². The quantitative estimate of drug-likeness (QED) is 0.736. The van der Waals surface area contributed by atoms with Gasteiger partial charge in [0.15, 0.2) is 0 Å². The Balaban J connectivity index is 2.88. The van der Waals surface area contributed by atoms with Gasteiger partial charge in [-0.2, -0.15) is 0 Å². The molecule has 1 fully saturated rings. The predicted molar refractivity (Wildman–Crippen MR) is 63.2 cm³/mol. The highest BCUT2D eigenvalue weighted by molar-refractivity contribution is 6.21. The smallest absolute Gasteiger partial charge is 0.411 e. The number of rotatable bonds is 1. The van der Waals surface area contributed by atoms with Crippen LogP contribution in [-0.4, -0.2) is 45.1 Å². The third kappa shape index (κ3) is 3.03. The number of hydrogen-bond acceptors (Lipinski definition) is 3. The Hall–Kier alpha value is -0.970. The molecule has 17 heavy (non-hydrogen) atoms. The fourth-order valence-corrected chi connectivity index (χ4v) is 2.24. The minimum Gasteiger partial charge on any atom is -0.480 e. The molecule has 1 rings (SSSR count). The van der Waals surface area contributed by atoms with E-state index < -0.39 is 23.2 Å². The minimum atomic E-state index is -1.28. The molecule has 0 spiro atoms. The number of nitrogens with zero attached hydrogens (tertiary/aromatic N) is 1. The molecule has 98 valence electrons. The van der Waals surface area contributed by atoms with Crippen LogP contribution in [0.4, 0.5) is 4.79 Å². The van der Waals surface area contributed by atoms with Crippen LogP contribution in [0.2, 0.25) is 0 Å². The molecule has 1 aliphatic rings. The number of hydrogen-bond donors (Lipinski definition) is 1. The third-order valence-corrected chi connectivity index (χ3v) is 2.96. The summed E-state index contributed by atoms with van der Waals surface area (Å²) in [6, 6.07) is 0. The molecule has 0 bridgehead atoms. The van der Waals surface area contributed by atoms with Gasteiger partial charge >= 0.3 is 12.1 Å². The maximum Gasteiger partial charge on any atom is 0.411 e. The predicted octanol–water partition coefficient (Wildman–Crippen LogP) is 2.08. The second kappa shape index (κ2) is 4.37. The van der Waals surface area contributed by atoms with Gasteiger partial charge in [0.1, 0.15) is 11.1 Å². The van der Waals surface area contributed by atoms with Crippen molar-refractivity contribution in [1.82, 2.24) is 4.90 Å². The SMILES string of the molecule is CC(C)(C)OC(=O)N1C[C@@H](Cl)C[C@]1(C)C(=O)O. The van der Waals surface area contributed by atoms with Gasteiger partial charge in [0.2, 0.25) is 0 Å². The first-order valence-electron chi connectivity index (χ1n) is 5.44. The molecule has 1 saturated heterocycles. The van der Waals surface area contributed by atoms with Crippen molar-refractivity contribution >= 4 is 23.7 Å². The number of carbonyl (C=O) groups excluding carboxylic acids is 1. The number of aliphatic carboxylic acids is 1. The standard InChI is InChI=1S/C11H18ClNO4/c1-10(2,3)17-9(16)13-6-7(12)5-11(13,4)8(14)15/h7H,5-6H2,1-4H3,(H,14,15)/t7-,11+/m0/s1. The van der Waals surface area contributed by atoms with Crippen LogP contribution in [0.25, 0.3) is 0 Å². The molecule has 1 N–H and O–H groups in total. The fourth-order valence-electron chi connectivity index (χ4n) is 1.80.